The van der Waals surface area contributed by atoms with Gasteiger partial charge in [0.25, 0.3) is 5.91 Å². The van der Waals surface area contributed by atoms with Gasteiger partial charge >= 0.3 is 12.1 Å². The lowest BCUT2D eigenvalue weighted by Gasteiger charge is -2.17. The summed E-state index contributed by atoms with van der Waals surface area (Å²) in [5.41, 5.74) is 4.39. The predicted octanol–water partition coefficient (Wildman–Crippen LogP) is 3.83. The first kappa shape index (κ1) is 22.1. The quantitative estimate of drug-likeness (QED) is 0.562. The molecule has 33 heavy (non-hydrogen) atoms. The maximum Gasteiger partial charge on any atom is 0.414 e. The highest BCUT2D eigenvalue weighted by molar-refractivity contribution is 5.94. The number of ether oxygens (including phenoxy) is 1. The third-order valence-corrected chi connectivity index (χ3v) is 5.61. The summed E-state index contributed by atoms with van der Waals surface area (Å²) in [5, 5.41) is 15.1. The Morgan fingerprint density at radius 2 is 1.73 bits per heavy atom. The van der Waals surface area contributed by atoms with Gasteiger partial charge in [-0.2, -0.15) is 0 Å². The Morgan fingerprint density at radius 1 is 1.12 bits per heavy atom. The molecule has 2 amide bonds. The minimum absolute atomic E-state index is 0.0101. The maximum atomic E-state index is 12.4. The van der Waals surface area contributed by atoms with Crippen LogP contribution in [0.2, 0.25) is 0 Å². The Morgan fingerprint density at radius 3 is 2.33 bits per heavy atom. The van der Waals surface area contributed by atoms with Crippen LogP contribution < -0.4 is 5.32 Å². The van der Waals surface area contributed by atoms with Crippen molar-refractivity contribution < 1.29 is 28.8 Å². The molecule has 3 aromatic rings. The number of nitrogens with zero attached hydrogens (tertiary/aromatic N) is 2. The molecular weight excluding hydrogens is 426 g/mol. The van der Waals surface area contributed by atoms with Crippen molar-refractivity contribution in [3.05, 3.63) is 71.4 Å². The summed E-state index contributed by atoms with van der Waals surface area (Å²) in [6.45, 7) is 1.64. The van der Waals surface area contributed by atoms with Crippen LogP contribution in [0, 0.1) is 5.92 Å². The number of rotatable bonds is 7. The van der Waals surface area contributed by atoms with Crippen molar-refractivity contribution >= 4 is 23.9 Å². The number of anilines is 1. The van der Waals surface area contributed by atoms with E-state index < -0.39 is 23.9 Å². The average Bonchev–Trinajstić information content (AvgIpc) is 3.39. The molecule has 0 saturated heterocycles. The lowest BCUT2D eigenvalue weighted by Crippen LogP contribution is -2.33. The highest BCUT2D eigenvalue weighted by atomic mass is 16.6. The predicted molar refractivity (Wildman–Crippen MR) is 119 cm³/mol. The average molecular weight is 449 g/mol. The lowest BCUT2D eigenvalue weighted by atomic mass is 9.98. The first-order chi connectivity index (χ1) is 15.8. The molecule has 1 atom stereocenters. The maximum absolute atomic E-state index is 12.4. The molecule has 0 saturated carbocycles. The van der Waals surface area contributed by atoms with Crippen LogP contribution in [0.1, 0.15) is 34.5 Å². The highest BCUT2D eigenvalue weighted by Crippen LogP contribution is 2.44. The molecule has 0 spiro atoms. The molecule has 0 fully saturated rings. The van der Waals surface area contributed by atoms with Crippen molar-refractivity contribution in [2.75, 3.05) is 25.5 Å². The fraction of sp³-hybridized carbons (Fsp3) is 0.250. The largest absolute Gasteiger partial charge is 0.481 e. The van der Waals surface area contributed by atoms with Gasteiger partial charge < -0.3 is 19.3 Å². The van der Waals surface area contributed by atoms with Gasteiger partial charge in [0.15, 0.2) is 5.69 Å². The van der Waals surface area contributed by atoms with Crippen LogP contribution in [-0.2, 0) is 9.53 Å². The molecule has 4 rings (SSSR count). The Labute approximate surface area is 189 Å². The monoisotopic (exact) mass is 449 g/mol. The zero-order valence-corrected chi connectivity index (χ0v) is 18.1. The first-order valence-electron chi connectivity index (χ1n) is 10.4. The number of nitrogens with one attached hydrogen (secondary N) is 1. The Balaban J connectivity index is 1.36. The van der Waals surface area contributed by atoms with Gasteiger partial charge in [-0.15, -0.1) is 0 Å². The second kappa shape index (κ2) is 9.15. The summed E-state index contributed by atoms with van der Waals surface area (Å²) in [4.78, 5) is 37.0. The van der Waals surface area contributed by atoms with Crippen molar-refractivity contribution in [3.63, 3.8) is 0 Å². The molecule has 170 valence electrons. The number of carboxylic acids is 1. The number of carbonyl (C=O) groups excluding carboxylic acids is 2. The Bertz CT molecular complexity index is 1160. The van der Waals surface area contributed by atoms with E-state index in [0.29, 0.717) is 0 Å². The van der Waals surface area contributed by atoms with Crippen molar-refractivity contribution in [2.45, 2.75) is 12.8 Å². The van der Waals surface area contributed by atoms with Crippen molar-refractivity contribution in [1.29, 1.82) is 0 Å². The van der Waals surface area contributed by atoms with Gasteiger partial charge in [0.1, 0.15) is 6.61 Å². The van der Waals surface area contributed by atoms with E-state index in [2.05, 4.69) is 22.6 Å². The van der Waals surface area contributed by atoms with Crippen LogP contribution in [0.25, 0.3) is 11.1 Å². The number of aromatic nitrogens is 1. The number of aliphatic carboxylic acids is 1. The number of benzene rings is 2. The second-order valence-corrected chi connectivity index (χ2v) is 7.95. The SMILES string of the molecule is CC(CN(C)C(=O)c1cc(NC(=O)OCC2c3ccccc3-c3ccccc32)on1)C(=O)O. The van der Waals surface area contributed by atoms with Gasteiger partial charge in [-0.1, -0.05) is 60.6 Å². The lowest BCUT2D eigenvalue weighted by molar-refractivity contribution is -0.141. The summed E-state index contributed by atoms with van der Waals surface area (Å²) in [5.74, 6) is -2.39. The van der Waals surface area contributed by atoms with Gasteiger partial charge in [-0.3, -0.25) is 14.9 Å². The van der Waals surface area contributed by atoms with Crippen molar-refractivity contribution in [1.82, 2.24) is 10.1 Å². The second-order valence-electron chi connectivity index (χ2n) is 7.95. The molecule has 2 N–H and O–H groups in total. The minimum atomic E-state index is -1.01. The smallest absolute Gasteiger partial charge is 0.414 e. The van der Waals surface area contributed by atoms with E-state index in [1.54, 1.807) is 0 Å². The molecular formula is C24H23N3O6. The van der Waals surface area contributed by atoms with Crippen molar-refractivity contribution in [3.8, 4) is 11.1 Å². The Hall–Kier alpha value is -4.14. The van der Waals surface area contributed by atoms with E-state index >= 15 is 0 Å². The summed E-state index contributed by atoms with van der Waals surface area (Å²) in [6.07, 6.45) is -0.736. The van der Waals surface area contributed by atoms with E-state index in [-0.39, 0.29) is 30.6 Å². The molecule has 0 bridgehead atoms. The summed E-state index contributed by atoms with van der Waals surface area (Å²) in [6, 6.07) is 17.3. The molecule has 1 unspecified atom stereocenters. The Kier molecular flexibility index (Phi) is 6.12. The van der Waals surface area contributed by atoms with E-state index in [1.807, 2.05) is 36.4 Å². The topological polar surface area (TPSA) is 122 Å². The van der Waals surface area contributed by atoms with E-state index in [0.717, 1.165) is 22.3 Å². The van der Waals surface area contributed by atoms with Crippen molar-refractivity contribution in [2.24, 2.45) is 5.92 Å². The van der Waals surface area contributed by atoms with E-state index in [4.69, 9.17) is 14.4 Å². The van der Waals surface area contributed by atoms with Gasteiger partial charge in [0.2, 0.25) is 5.88 Å². The first-order valence-corrected chi connectivity index (χ1v) is 10.4. The zero-order chi connectivity index (χ0) is 23.5. The fourth-order valence-electron chi connectivity index (χ4n) is 3.94. The van der Waals surface area contributed by atoms with Crippen LogP contribution in [0.15, 0.2) is 59.1 Å². The normalized spacial score (nSPS) is 13.0. The molecule has 1 heterocycles. The molecule has 1 aliphatic carbocycles. The summed E-state index contributed by atoms with van der Waals surface area (Å²) >= 11 is 0. The van der Waals surface area contributed by atoms with Crippen LogP contribution >= 0.6 is 0 Å². The summed E-state index contributed by atoms with van der Waals surface area (Å²) in [7, 11) is 1.47. The minimum Gasteiger partial charge on any atom is -0.481 e. The van der Waals surface area contributed by atoms with Gasteiger partial charge in [-0.05, 0) is 22.3 Å². The van der Waals surface area contributed by atoms with Gasteiger partial charge in [0.05, 0.1) is 5.92 Å². The van der Waals surface area contributed by atoms with Crippen LogP contribution in [-0.4, -0.2) is 53.3 Å². The van der Waals surface area contributed by atoms with Crippen LogP contribution in [0.5, 0.6) is 0 Å². The molecule has 1 aliphatic rings. The van der Waals surface area contributed by atoms with Gasteiger partial charge in [-0.25, -0.2) is 4.79 Å². The molecule has 0 radical (unpaired) electrons. The number of hydrogen-bond acceptors (Lipinski definition) is 6. The third kappa shape index (κ3) is 4.57. The third-order valence-electron chi connectivity index (χ3n) is 5.61. The fourth-order valence-corrected chi connectivity index (χ4v) is 3.94. The molecule has 2 aromatic carbocycles. The van der Waals surface area contributed by atoms with E-state index in [1.165, 1.54) is 24.9 Å². The molecule has 9 heteroatoms. The molecule has 1 aromatic heterocycles. The molecule has 9 nitrogen and oxygen atoms in total. The highest BCUT2D eigenvalue weighted by Gasteiger charge is 2.29. The number of amides is 2. The number of carbonyl (C=O) groups is 3. The van der Waals surface area contributed by atoms with E-state index in [9.17, 15) is 14.4 Å². The number of carboxylic acid groups (broad SMARTS) is 1. The van der Waals surface area contributed by atoms with Crippen LogP contribution in [0.4, 0.5) is 10.7 Å². The van der Waals surface area contributed by atoms with Gasteiger partial charge in [0, 0.05) is 25.6 Å². The summed E-state index contributed by atoms with van der Waals surface area (Å²) < 4.78 is 10.5. The van der Waals surface area contributed by atoms with Crippen LogP contribution in [0.3, 0.4) is 0 Å². The zero-order valence-electron chi connectivity index (χ0n) is 18.1. The number of hydrogen-bond donors (Lipinski definition) is 2. The number of fused-ring (bicyclic) bond motifs is 3. The molecule has 0 aliphatic heterocycles. The standard InChI is InChI=1S/C24H23N3O6/c1-14(23(29)30)12-27(2)22(28)20-11-21(33-26-20)25-24(31)32-13-19-17-9-5-3-7-15(17)16-8-4-6-10-18(16)19/h3-11,14,19H,12-13H2,1-2H3,(H,25,31)(H,29,30).